The molecular formula is C22H20Cl2FN3O3. The number of carbonyl (C=O) groups excluding carboxylic acids is 1. The van der Waals surface area contributed by atoms with Gasteiger partial charge < -0.3 is 15.2 Å². The number of halogens is 3. The molecule has 0 spiro atoms. The molecule has 9 heteroatoms. The Morgan fingerprint density at radius 2 is 1.81 bits per heavy atom. The highest BCUT2D eigenvalue weighted by molar-refractivity contribution is 6.35. The molecule has 0 bridgehead atoms. The second-order valence-electron chi connectivity index (χ2n) is 7.01. The molecule has 0 aliphatic carbocycles. The van der Waals surface area contributed by atoms with E-state index in [9.17, 15) is 9.18 Å². The summed E-state index contributed by atoms with van der Waals surface area (Å²) in [5.41, 5.74) is 7.48. The molecule has 0 atom stereocenters. The summed E-state index contributed by atoms with van der Waals surface area (Å²) in [6.07, 6.45) is 0. The Hall–Kier alpha value is -2.90. The molecule has 6 nitrogen and oxygen atoms in total. The highest BCUT2D eigenvalue weighted by atomic mass is 35.5. The number of aromatic nitrogens is 2. The van der Waals surface area contributed by atoms with Crippen molar-refractivity contribution in [2.45, 2.75) is 26.4 Å². The highest BCUT2D eigenvalue weighted by Gasteiger charge is 2.23. The standard InChI is InChI=1S/C22H20Cl2FN3O3/c1-11(2)13-6-4-12(5-7-13)10-31-22(29)18-16(24)20(26)28-21(27-18)14-8-9-15(23)19(30-3)17(14)25/h4-9,11H,10H2,1-3H3,(H2,26,27,28). The van der Waals surface area contributed by atoms with Gasteiger partial charge in [-0.05, 0) is 29.2 Å². The molecule has 3 aromatic rings. The Morgan fingerprint density at radius 3 is 2.42 bits per heavy atom. The molecule has 0 radical (unpaired) electrons. The van der Waals surface area contributed by atoms with E-state index in [1.54, 1.807) is 0 Å². The minimum absolute atomic E-state index is 0.00983. The quantitative estimate of drug-likeness (QED) is 0.474. The lowest BCUT2D eigenvalue weighted by molar-refractivity contribution is 0.0466. The van der Waals surface area contributed by atoms with Crippen molar-refractivity contribution in [1.29, 1.82) is 0 Å². The Morgan fingerprint density at radius 1 is 1.13 bits per heavy atom. The van der Waals surface area contributed by atoms with E-state index in [1.165, 1.54) is 24.8 Å². The van der Waals surface area contributed by atoms with Crippen LogP contribution in [-0.4, -0.2) is 23.0 Å². The summed E-state index contributed by atoms with van der Waals surface area (Å²) < 4.78 is 25.1. The number of rotatable bonds is 6. The van der Waals surface area contributed by atoms with Gasteiger partial charge in [-0.25, -0.2) is 19.2 Å². The van der Waals surface area contributed by atoms with Gasteiger partial charge in [0.05, 0.1) is 17.7 Å². The molecule has 3 rings (SSSR count). The van der Waals surface area contributed by atoms with E-state index in [-0.39, 0.29) is 45.3 Å². The first kappa shape index (κ1) is 22.8. The first-order chi connectivity index (χ1) is 14.7. The molecule has 0 aliphatic rings. The van der Waals surface area contributed by atoms with Gasteiger partial charge in [-0.3, -0.25) is 0 Å². The van der Waals surface area contributed by atoms with E-state index < -0.39 is 11.8 Å². The van der Waals surface area contributed by atoms with E-state index in [2.05, 4.69) is 23.8 Å². The van der Waals surface area contributed by atoms with Crippen molar-refractivity contribution in [2.75, 3.05) is 12.8 Å². The fourth-order valence-corrected chi connectivity index (χ4v) is 3.21. The van der Waals surface area contributed by atoms with Gasteiger partial charge in [-0.15, -0.1) is 0 Å². The first-order valence-corrected chi connectivity index (χ1v) is 10.1. The van der Waals surface area contributed by atoms with Crippen molar-refractivity contribution in [3.63, 3.8) is 0 Å². The molecule has 2 aromatic carbocycles. The Bertz CT molecular complexity index is 1120. The lowest BCUT2D eigenvalue weighted by Crippen LogP contribution is -2.12. The second-order valence-corrected chi connectivity index (χ2v) is 7.79. The fraction of sp³-hybridized carbons (Fsp3) is 0.227. The number of ether oxygens (including phenoxy) is 2. The molecule has 162 valence electrons. The summed E-state index contributed by atoms with van der Waals surface area (Å²) in [6.45, 7) is 4.19. The van der Waals surface area contributed by atoms with Gasteiger partial charge in [-0.2, -0.15) is 0 Å². The average molecular weight is 464 g/mol. The van der Waals surface area contributed by atoms with Gasteiger partial charge in [0.1, 0.15) is 17.4 Å². The molecule has 31 heavy (non-hydrogen) atoms. The van der Waals surface area contributed by atoms with E-state index >= 15 is 0 Å². The van der Waals surface area contributed by atoms with Crippen LogP contribution in [0.5, 0.6) is 5.75 Å². The number of esters is 1. The number of carbonyl (C=O) groups is 1. The number of anilines is 1. The Balaban J connectivity index is 1.88. The average Bonchev–Trinajstić information content (AvgIpc) is 2.74. The molecule has 1 aromatic heterocycles. The first-order valence-electron chi connectivity index (χ1n) is 9.34. The number of hydrogen-bond acceptors (Lipinski definition) is 6. The van der Waals surface area contributed by atoms with Gasteiger partial charge >= 0.3 is 5.97 Å². The van der Waals surface area contributed by atoms with Crippen LogP contribution in [0.3, 0.4) is 0 Å². The lowest BCUT2D eigenvalue weighted by atomic mass is 10.0. The molecule has 0 aliphatic heterocycles. The smallest absolute Gasteiger partial charge is 0.359 e. The van der Waals surface area contributed by atoms with E-state index in [0.717, 1.165) is 5.56 Å². The van der Waals surface area contributed by atoms with Gasteiger partial charge in [-0.1, -0.05) is 61.3 Å². The maximum absolute atomic E-state index is 14.8. The van der Waals surface area contributed by atoms with Crippen LogP contribution in [0, 0.1) is 5.82 Å². The molecule has 1 heterocycles. The normalized spacial score (nSPS) is 10.9. The monoisotopic (exact) mass is 463 g/mol. The summed E-state index contributed by atoms with van der Waals surface area (Å²) in [5.74, 6) is -1.72. The molecule has 0 saturated heterocycles. The minimum atomic E-state index is -0.811. The molecule has 0 amide bonds. The third-order valence-corrected chi connectivity index (χ3v) is 5.25. The van der Waals surface area contributed by atoms with Gasteiger partial charge in [0.2, 0.25) is 0 Å². The van der Waals surface area contributed by atoms with Crippen molar-refractivity contribution in [3.05, 3.63) is 69.1 Å². The largest absolute Gasteiger partial charge is 0.492 e. The highest BCUT2D eigenvalue weighted by Crippen LogP contribution is 2.35. The molecule has 2 N–H and O–H groups in total. The van der Waals surface area contributed by atoms with Crippen molar-refractivity contribution < 1.29 is 18.7 Å². The van der Waals surface area contributed by atoms with Gasteiger partial charge in [0, 0.05) is 0 Å². The molecule has 0 fully saturated rings. The summed E-state index contributed by atoms with van der Waals surface area (Å²) in [4.78, 5) is 20.7. The van der Waals surface area contributed by atoms with Crippen LogP contribution in [0.1, 0.15) is 41.4 Å². The Labute approximate surface area is 189 Å². The molecule has 0 unspecified atom stereocenters. The van der Waals surface area contributed by atoms with Gasteiger partial charge in [0.25, 0.3) is 0 Å². The van der Waals surface area contributed by atoms with Crippen LogP contribution < -0.4 is 10.5 Å². The summed E-state index contributed by atoms with van der Waals surface area (Å²) in [5, 5.41) is -0.0981. The SMILES string of the molecule is COc1c(Cl)ccc(-c2nc(N)c(Cl)c(C(=O)OCc3ccc(C(C)C)cc3)n2)c1F. The van der Waals surface area contributed by atoms with E-state index in [1.807, 2.05) is 24.3 Å². The zero-order valence-electron chi connectivity index (χ0n) is 17.1. The Kier molecular flexibility index (Phi) is 6.97. The number of nitrogens with zero attached hydrogens (tertiary/aromatic N) is 2. The van der Waals surface area contributed by atoms with Gasteiger partial charge in [0.15, 0.2) is 23.1 Å². The third kappa shape index (κ3) is 4.89. The minimum Gasteiger partial charge on any atom is -0.492 e. The topological polar surface area (TPSA) is 87.3 Å². The third-order valence-electron chi connectivity index (χ3n) is 4.58. The van der Waals surface area contributed by atoms with Crippen LogP contribution in [0.15, 0.2) is 36.4 Å². The zero-order chi connectivity index (χ0) is 22.7. The number of benzene rings is 2. The van der Waals surface area contributed by atoms with Crippen LogP contribution in [0.4, 0.5) is 10.2 Å². The maximum Gasteiger partial charge on any atom is 0.359 e. The number of methoxy groups -OCH3 is 1. The number of hydrogen-bond donors (Lipinski definition) is 1. The van der Waals surface area contributed by atoms with Crippen LogP contribution in [0.25, 0.3) is 11.4 Å². The van der Waals surface area contributed by atoms with Crippen molar-refractivity contribution in [1.82, 2.24) is 9.97 Å². The molecular weight excluding hydrogens is 444 g/mol. The summed E-state index contributed by atoms with van der Waals surface area (Å²) in [6, 6.07) is 10.5. The zero-order valence-corrected chi connectivity index (χ0v) is 18.6. The van der Waals surface area contributed by atoms with Crippen molar-refractivity contribution >= 4 is 35.0 Å². The van der Waals surface area contributed by atoms with Crippen molar-refractivity contribution in [3.8, 4) is 17.1 Å². The lowest BCUT2D eigenvalue weighted by Gasteiger charge is -2.12. The number of nitrogens with two attached hydrogens (primary N) is 1. The predicted molar refractivity (Wildman–Crippen MR) is 118 cm³/mol. The molecule has 0 saturated carbocycles. The van der Waals surface area contributed by atoms with E-state index in [4.69, 9.17) is 38.4 Å². The summed E-state index contributed by atoms with van der Waals surface area (Å²) in [7, 11) is 1.28. The van der Waals surface area contributed by atoms with Crippen LogP contribution in [0.2, 0.25) is 10.0 Å². The second kappa shape index (κ2) is 9.49. The number of nitrogen functional groups attached to an aromatic ring is 1. The van der Waals surface area contributed by atoms with Crippen LogP contribution >= 0.6 is 23.2 Å². The van der Waals surface area contributed by atoms with Crippen molar-refractivity contribution in [2.24, 2.45) is 0 Å². The van der Waals surface area contributed by atoms with Crippen LogP contribution in [-0.2, 0) is 11.3 Å². The fourth-order valence-electron chi connectivity index (χ4n) is 2.83. The van der Waals surface area contributed by atoms with E-state index in [0.29, 0.717) is 5.92 Å². The predicted octanol–water partition coefficient (Wildman–Crippen LogP) is 5.66. The maximum atomic E-state index is 14.8. The summed E-state index contributed by atoms with van der Waals surface area (Å²) >= 11 is 12.0.